The molecule has 2 aromatic carbocycles. The third kappa shape index (κ3) is 4.04. The fourth-order valence-electron chi connectivity index (χ4n) is 3.79. The van der Waals surface area contributed by atoms with E-state index in [4.69, 9.17) is 21.1 Å². The molecular formula is C21H24ClNO4. The Kier molecular flexibility index (Phi) is 6.24. The number of likely N-dealkylation sites (tertiary alicyclic amines) is 1. The van der Waals surface area contributed by atoms with Crippen molar-refractivity contribution in [2.24, 2.45) is 5.92 Å². The van der Waals surface area contributed by atoms with E-state index in [1.807, 2.05) is 42.5 Å². The molecule has 1 N–H and O–H groups in total. The smallest absolute Gasteiger partial charge is 0.306 e. The Morgan fingerprint density at radius 1 is 1.07 bits per heavy atom. The third-order valence-electron chi connectivity index (χ3n) is 5.17. The van der Waals surface area contributed by atoms with Gasteiger partial charge in [-0.1, -0.05) is 41.9 Å². The summed E-state index contributed by atoms with van der Waals surface area (Å²) in [6.45, 7) is 1.35. The van der Waals surface area contributed by atoms with Crippen molar-refractivity contribution in [3.05, 3.63) is 58.6 Å². The van der Waals surface area contributed by atoms with Crippen LogP contribution in [0.3, 0.4) is 0 Å². The molecule has 0 spiro atoms. The fourth-order valence-corrected chi connectivity index (χ4v) is 4.03. The maximum absolute atomic E-state index is 11.3. The van der Waals surface area contributed by atoms with Gasteiger partial charge in [0.2, 0.25) is 0 Å². The molecule has 5 nitrogen and oxygen atoms in total. The number of benzene rings is 2. The Bertz CT molecular complexity index is 803. The average molecular weight is 390 g/mol. The number of methoxy groups -OCH3 is 2. The van der Waals surface area contributed by atoms with Crippen LogP contribution in [0, 0.1) is 5.92 Å². The maximum Gasteiger partial charge on any atom is 0.306 e. The van der Waals surface area contributed by atoms with Gasteiger partial charge in [0, 0.05) is 10.6 Å². The van der Waals surface area contributed by atoms with Gasteiger partial charge >= 0.3 is 5.97 Å². The Morgan fingerprint density at radius 2 is 1.74 bits per heavy atom. The second-order valence-electron chi connectivity index (χ2n) is 6.66. The van der Waals surface area contributed by atoms with E-state index in [2.05, 4.69) is 4.90 Å². The van der Waals surface area contributed by atoms with E-state index in [1.54, 1.807) is 14.2 Å². The molecule has 0 saturated carbocycles. The van der Waals surface area contributed by atoms with Crippen LogP contribution in [-0.2, 0) is 4.79 Å². The van der Waals surface area contributed by atoms with Gasteiger partial charge in [-0.2, -0.15) is 0 Å². The number of carboxylic acid groups (broad SMARTS) is 1. The summed E-state index contributed by atoms with van der Waals surface area (Å²) in [4.78, 5) is 13.6. The number of para-hydroxylation sites is 1. The zero-order chi connectivity index (χ0) is 19.4. The van der Waals surface area contributed by atoms with Crippen LogP contribution in [0.1, 0.15) is 30.0 Å². The molecule has 0 bridgehead atoms. The summed E-state index contributed by atoms with van der Waals surface area (Å²) in [5.41, 5.74) is 1.93. The van der Waals surface area contributed by atoms with E-state index < -0.39 is 5.97 Å². The van der Waals surface area contributed by atoms with Crippen molar-refractivity contribution in [3.63, 3.8) is 0 Å². The molecule has 1 saturated heterocycles. The highest BCUT2D eigenvalue weighted by Gasteiger charge is 2.33. The lowest BCUT2D eigenvalue weighted by atomic mass is 9.90. The first-order valence-electron chi connectivity index (χ1n) is 8.99. The van der Waals surface area contributed by atoms with Crippen LogP contribution in [-0.4, -0.2) is 43.3 Å². The second kappa shape index (κ2) is 8.63. The van der Waals surface area contributed by atoms with Gasteiger partial charge in [0.1, 0.15) is 0 Å². The highest BCUT2D eigenvalue weighted by atomic mass is 35.5. The lowest BCUT2D eigenvalue weighted by Gasteiger charge is -2.38. The van der Waals surface area contributed by atoms with Crippen LogP contribution < -0.4 is 9.47 Å². The first-order valence-corrected chi connectivity index (χ1v) is 9.36. The van der Waals surface area contributed by atoms with Crippen molar-refractivity contribution >= 4 is 17.6 Å². The SMILES string of the molecule is COc1cccc(C(c2ccccc2Cl)N2CCC(C(=O)O)CC2)c1OC. The van der Waals surface area contributed by atoms with Crippen LogP contribution >= 0.6 is 11.6 Å². The van der Waals surface area contributed by atoms with E-state index in [1.165, 1.54) is 0 Å². The average Bonchev–Trinajstić information content (AvgIpc) is 2.69. The molecule has 1 unspecified atom stereocenters. The summed E-state index contributed by atoms with van der Waals surface area (Å²) in [5.74, 6) is 0.320. The minimum Gasteiger partial charge on any atom is -0.493 e. The number of piperidine rings is 1. The first kappa shape index (κ1) is 19.5. The van der Waals surface area contributed by atoms with Crippen molar-refractivity contribution in [2.75, 3.05) is 27.3 Å². The van der Waals surface area contributed by atoms with Gasteiger partial charge < -0.3 is 14.6 Å². The van der Waals surface area contributed by atoms with Gasteiger partial charge in [0.25, 0.3) is 0 Å². The summed E-state index contributed by atoms with van der Waals surface area (Å²) in [6, 6.07) is 13.4. The Balaban J connectivity index is 2.05. The van der Waals surface area contributed by atoms with Gasteiger partial charge in [-0.3, -0.25) is 9.69 Å². The van der Waals surface area contributed by atoms with Crippen molar-refractivity contribution in [3.8, 4) is 11.5 Å². The second-order valence-corrected chi connectivity index (χ2v) is 7.06. The van der Waals surface area contributed by atoms with E-state index >= 15 is 0 Å². The summed E-state index contributed by atoms with van der Waals surface area (Å²) in [6.07, 6.45) is 1.23. The summed E-state index contributed by atoms with van der Waals surface area (Å²) in [5, 5.41) is 9.99. The van der Waals surface area contributed by atoms with Crippen LogP contribution in [0.25, 0.3) is 0 Å². The largest absolute Gasteiger partial charge is 0.493 e. The van der Waals surface area contributed by atoms with Gasteiger partial charge in [-0.15, -0.1) is 0 Å². The molecule has 0 amide bonds. The number of carboxylic acids is 1. The molecule has 144 valence electrons. The quantitative estimate of drug-likeness (QED) is 0.800. The summed E-state index contributed by atoms with van der Waals surface area (Å²) < 4.78 is 11.1. The fraction of sp³-hybridized carbons (Fsp3) is 0.381. The number of aliphatic carboxylic acids is 1. The highest BCUT2D eigenvalue weighted by molar-refractivity contribution is 6.31. The number of carbonyl (C=O) groups is 1. The molecule has 0 aromatic heterocycles. The number of halogens is 1. The number of rotatable bonds is 6. The van der Waals surface area contributed by atoms with Crippen LogP contribution in [0.5, 0.6) is 11.5 Å². The van der Waals surface area contributed by atoms with Crippen molar-refractivity contribution in [1.82, 2.24) is 4.90 Å². The van der Waals surface area contributed by atoms with Crippen molar-refractivity contribution in [2.45, 2.75) is 18.9 Å². The molecule has 1 heterocycles. The summed E-state index contributed by atoms with van der Waals surface area (Å²) >= 11 is 6.54. The highest BCUT2D eigenvalue weighted by Crippen LogP contribution is 2.43. The van der Waals surface area contributed by atoms with Crippen molar-refractivity contribution < 1.29 is 19.4 Å². The molecule has 1 atom stereocenters. The van der Waals surface area contributed by atoms with Crippen molar-refractivity contribution in [1.29, 1.82) is 0 Å². The summed E-state index contributed by atoms with van der Waals surface area (Å²) in [7, 11) is 3.24. The third-order valence-corrected chi connectivity index (χ3v) is 5.52. The minimum atomic E-state index is -0.720. The van der Waals surface area contributed by atoms with E-state index in [0.29, 0.717) is 42.5 Å². The zero-order valence-electron chi connectivity index (χ0n) is 15.5. The molecule has 1 aliphatic rings. The molecule has 1 fully saturated rings. The standard InChI is InChI=1S/C21H24ClNO4/c1-26-18-9-5-7-16(20(18)27-2)19(15-6-3-4-8-17(15)22)23-12-10-14(11-13-23)21(24)25/h3-9,14,19H,10-13H2,1-2H3,(H,24,25). The monoisotopic (exact) mass is 389 g/mol. The van der Waals surface area contributed by atoms with E-state index in [-0.39, 0.29) is 12.0 Å². The molecule has 6 heteroatoms. The Hall–Kier alpha value is -2.24. The number of hydrogen-bond donors (Lipinski definition) is 1. The van der Waals surface area contributed by atoms with Gasteiger partial charge in [-0.25, -0.2) is 0 Å². The molecular weight excluding hydrogens is 366 g/mol. The molecule has 0 aliphatic carbocycles. The van der Waals surface area contributed by atoms with Crippen LogP contribution in [0.15, 0.2) is 42.5 Å². The van der Waals surface area contributed by atoms with Gasteiger partial charge in [-0.05, 0) is 43.6 Å². The zero-order valence-corrected chi connectivity index (χ0v) is 16.3. The van der Waals surface area contributed by atoms with Gasteiger partial charge in [0.15, 0.2) is 11.5 Å². The lowest BCUT2D eigenvalue weighted by molar-refractivity contribution is -0.143. The molecule has 2 aromatic rings. The lowest BCUT2D eigenvalue weighted by Crippen LogP contribution is -2.39. The number of nitrogens with zero attached hydrogens (tertiary/aromatic N) is 1. The van der Waals surface area contributed by atoms with Crippen LogP contribution in [0.2, 0.25) is 5.02 Å². The van der Waals surface area contributed by atoms with E-state index in [0.717, 1.165) is 11.1 Å². The Labute approximate surface area is 164 Å². The molecule has 27 heavy (non-hydrogen) atoms. The molecule has 0 radical (unpaired) electrons. The van der Waals surface area contributed by atoms with E-state index in [9.17, 15) is 9.90 Å². The number of ether oxygens (including phenoxy) is 2. The topological polar surface area (TPSA) is 59.0 Å². The molecule has 1 aliphatic heterocycles. The first-order chi connectivity index (χ1) is 13.1. The Morgan fingerprint density at radius 3 is 2.33 bits per heavy atom. The number of hydrogen-bond acceptors (Lipinski definition) is 4. The van der Waals surface area contributed by atoms with Crippen LogP contribution in [0.4, 0.5) is 0 Å². The normalized spacial score (nSPS) is 16.7. The predicted molar refractivity (Wildman–Crippen MR) is 105 cm³/mol. The molecule has 3 rings (SSSR count). The maximum atomic E-state index is 11.3. The minimum absolute atomic E-state index is 0.140. The van der Waals surface area contributed by atoms with Gasteiger partial charge in [0.05, 0.1) is 26.2 Å². The predicted octanol–water partition coefficient (Wildman–Crippen LogP) is 4.24.